The molecule has 14 heavy (non-hydrogen) atoms. The van der Waals surface area contributed by atoms with E-state index in [0.717, 1.165) is 11.3 Å². The molecule has 0 amide bonds. The van der Waals surface area contributed by atoms with Crippen molar-refractivity contribution in [2.45, 2.75) is 12.8 Å². The lowest BCUT2D eigenvalue weighted by molar-refractivity contribution is 0.382. The normalized spacial score (nSPS) is 12.3. The molecule has 1 unspecified atom stereocenters. The van der Waals surface area contributed by atoms with E-state index in [9.17, 15) is 0 Å². The zero-order chi connectivity index (χ0) is 10.6. The Bertz CT molecular complexity index is 302. The summed E-state index contributed by atoms with van der Waals surface area (Å²) in [6.45, 7) is 2.61. The highest BCUT2D eigenvalue weighted by Crippen LogP contribution is 2.27. The molecule has 0 saturated carbocycles. The number of aromatic nitrogens is 1. The highest BCUT2D eigenvalue weighted by atomic mass is 16.5. The fourth-order valence-corrected chi connectivity index (χ4v) is 1.23. The van der Waals surface area contributed by atoms with Crippen LogP contribution in [0.4, 0.5) is 0 Å². The lowest BCUT2D eigenvalue weighted by atomic mass is 10.0. The monoisotopic (exact) mass is 196 g/mol. The summed E-state index contributed by atoms with van der Waals surface area (Å²) in [5.41, 5.74) is 6.63. The van der Waals surface area contributed by atoms with Crippen LogP contribution in [0.5, 0.6) is 11.6 Å². The Morgan fingerprint density at radius 1 is 1.43 bits per heavy atom. The first-order valence-electron chi connectivity index (χ1n) is 4.51. The van der Waals surface area contributed by atoms with Gasteiger partial charge in [0.2, 0.25) is 5.88 Å². The molecule has 1 aromatic rings. The SMILES string of the molecule is COc1cc(C(C)CN)c(OC)cn1. The highest BCUT2D eigenvalue weighted by Gasteiger charge is 2.11. The molecule has 1 aromatic heterocycles. The maximum absolute atomic E-state index is 5.60. The van der Waals surface area contributed by atoms with E-state index < -0.39 is 0 Å². The summed E-state index contributed by atoms with van der Waals surface area (Å²) in [5.74, 6) is 1.58. The van der Waals surface area contributed by atoms with E-state index >= 15 is 0 Å². The number of rotatable bonds is 4. The Labute approximate surface area is 84.0 Å². The zero-order valence-electron chi connectivity index (χ0n) is 8.78. The van der Waals surface area contributed by atoms with Crippen LogP contribution in [0.2, 0.25) is 0 Å². The van der Waals surface area contributed by atoms with E-state index in [1.54, 1.807) is 20.4 Å². The van der Waals surface area contributed by atoms with Gasteiger partial charge in [-0.3, -0.25) is 0 Å². The van der Waals surface area contributed by atoms with Crippen molar-refractivity contribution in [3.05, 3.63) is 17.8 Å². The minimum absolute atomic E-state index is 0.238. The third kappa shape index (κ3) is 2.14. The second-order valence-electron chi connectivity index (χ2n) is 3.11. The van der Waals surface area contributed by atoms with Gasteiger partial charge in [-0.05, 0) is 12.5 Å². The average molecular weight is 196 g/mol. The van der Waals surface area contributed by atoms with Crippen molar-refractivity contribution in [2.24, 2.45) is 5.73 Å². The van der Waals surface area contributed by atoms with E-state index in [4.69, 9.17) is 15.2 Å². The van der Waals surface area contributed by atoms with Crippen LogP contribution in [0.25, 0.3) is 0 Å². The molecule has 0 radical (unpaired) electrons. The molecule has 0 spiro atoms. The standard InChI is InChI=1S/C10H16N2O2/c1-7(5-11)8-4-10(14-3)12-6-9(8)13-2/h4,6-7H,5,11H2,1-3H3. The van der Waals surface area contributed by atoms with Crippen molar-refractivity contribution in [1.82, 2.24) is 4.98 Å². The second-order valence-corrected chi connectivity index (χ2v) is 3.11. The van der Waals surface area contributed by atoms with Crippen LogP contribution in [-0.2, 0) is 0 Å². The predicted molar refractivity (Wildman–Crippen MR) is 54.8 cm³/mol. The van der Waals surface area contributed by atoms with E-state index in [1.807, 2.05) is 13.0 Å². The Kier molecular flexibility index (Phi) is 3.71. The van der Waals surface area contributed by atoms with E-state index in [-0.39, 0.29) is 5.92 Å². The molecule has 0 aliphatic rings. The molecule has 0 aliphatic heterocycles. The van der Waals surface area contributed by atoms with Gasteiger partial charge in [-0.2, -0.15) is 0 Å². The van der Waals surface area contributed by atoms with Crippen molar-refractivity contribution >= 4 is 0 Å². The van der Waals surface area contributed by atoms with E-state index in [0.29, 0.717) is 12.4 Å². The molecule has 0 saturated heterocycles. The zero-order valence-corrected chi connectivity index (χ0v) is 8.78. The van der Waals surface area contributed by atoms with Gasteiger partial charge in [0.15, 0.2) is 0 Å². The van der Waals surface area contributed by atoms with E-state index in [1.165, 1.54) is 0 Å². The molecule has 2 N–H and O–H groups in total. The summed E-state index contributed by atoms with van der Waals surface area (Å²) in [4.78, 5) is 4.06. The van der Waals surface area contributed by atoms with E-state index in [2.05, 4.69) is 4.98 Å². The molecule has 4 nitrogen and oxygen atoms in total. The van der Waals surface area contributed by atoms with Crippen molar-refractivity contribution in [2.75, 3.05) is 20.8 Å². The van der Waals surface area contributed by atoms with Gasteiger partial charge in [-0.1, -0.05) is 6.92 Å². The maximum atomic E-state index is 5.60. The van der Waals surface area contributed by atoms with Crippen LogP contribution in [0.15, 0.2) is 12.3 Å². The first-order chi connectivity index (χ1) is 6.72. The maximum Gasteiger partial charge on any atom is 0.213 e. The summed E-state index contributed by atoms with van der Waals surface area (Å²) in [6.07, 6.45) is 1.65. The molecule has 0 aliphatic carbocycles. The number of pyridine rings is 1. The molecule has 0 fully saturated rings. The Morgan fingerprint density at radius 3 is 2.64 bits per heavy atom. The Balaban J connectivity index is 3.08. The van der Waals surface area contributed by atoms with Crippen molar-refractivity contribution in [1.29, 1.82) is 0 Å². The number of hydrogen-bond donors (Lipinski definition) is 1. The van der Waals surface area contributed by atoms with Crippen LogP contribution in [0, 0.1) is 0 Å². The first-order valence-corrected chi connectivity index (χ1v) is 4.51. The summed E-state index contributed by atoms with van der Waals surface area (Å²) in [7, 11) is 3.21. The van der Waals surface area contributed by atoms with Gasteiger partial charge in [-0.15, -0.1) is 0 Å². The number of ether oxygens (including phenoxy) is 2. The quantitative estimate of drug-likeness (QED) is 0.785. The van der Waals surface area contributed by atoms with Crippen molar-refractivity contribution in [3.8, 4) is 11.6 Å². The predicted octanol–water partition coefficient (Wildman–Crippen LogP) is 1.16. The molecule has 0 aromatic carbocycles. The molecular formula is C10H16N2O2. The lowest BCUT2D eigenvalue weighted by Crippen LogP contribution is -2.10. The number of methoxy groups -OCH3 is 2. The second kappa shape index (κ2) is 4.81. The van der Waals surface area contributed by atoms with Gasteiger partial charge in [-0.25, -0.2) is 4.98 Å². The topological polar surface area (TPSA) is 57.4 Å². The average Bonchev–Trinajstić information content (AvgIpc) is 2.27. The molecular weight excluding hydrogens is 180 g/mol. The lowest BCUT2D eigenvalue weighted by Gasteiger charge is -2.14. The summed E-state index contributed by atoms with van der Waals surface area (Å²) >= 11 is 0. The minimum Gasteiger partial charge on any atom is -0.495 e. The third-order valence-corrected chi connectivity index (χ3v) is 2.19. The Hall–Kier alpha value is -1.29. The molecule has 78 valence electrons. The van der Waals surface area contributed by atoms with Crippen LogP contribution in [-0.4, -0.2) is 25.7 Å². The van der Waals surface area contributed by atoms with Crippen LogP contribution < -0.4 is 15.2 Å². The molecule has 1 atom stereocenters. The van der Waals surface area contributed by atoms with Crippen LogP contribution >= 0.6 is 0 Å². The first kappa shape index (κ1) is 10.8. The smallest absolute Gasteiger partial charge is 0.213 e. The Morgan fingerprint density at radius 2 is 2.14 bits per heavy atom. The number of nitrogens with two attached hydrogens (primary N) is 1. The van der Waals surface area contributed by atoms with Gasteiger partial charge < -0.3 is 15.2 Å². The van der Waals surface area contributed by atoms with Crippen molar-refractivity contribution < 1.29 is 9.47 Å². The summed E-state index contributed by atoms with van der Waals surface area (Å²) in [6, 6.07) is 1.86. The molecule has 0 bridgehead atoms. The van der Waals surface area contributed by atoms with Gasteiger partial charge in [0.1, 0.15) is 5.75 Å². The molecule has 1 heterocycles. The van der Waals surface area contributed by atoms with Crippen LogP contribution in [0.3, 0.4) is 0 Å². The summed E-state index contributed by atoms with van der Waals surface area (Å²) in [5, 5.41) is 0. The molecule has 4 heteroatoms. The van der Waals surface area contributed by atoms with Gasteiger partial charge in [0.05, 0.1) is 20.4 Å². The van der Waals surface area contributed by atoms with Gasteiger partial charge >= 0.3 is 0 Å². The van der Waals surface area contributed by atoms with Gasteiger partial charge in [0.25, 0.3) is 0 Å². The molecule has 1 rings (SSSR count). The fraction of sp³-hybridized carbons (Fsp3) is 0.500. The number of hydrogen-bond acceptors (Lipinski definition) is 4. The highest BCUT2D eigenvalue weighted by molar-refractivity contribution is 5.37. The third-order valence-electron chi connectivity index (χ3n) is 2.19. The number of nitrogens with zero attached hydrogens (tertiary/aromatic N) is 1. The largest absolute Gasteiger partial charge is 0.495 e. The minimum atomic E-state index is 0.238. The fourth-order valence-electron chi connectivity index (χ4n) is 1.23. The van der Waals surface area contributed by atoms with Crippen LogP contribution in [0.1, 0.15) is 18.4 Å². The van der Waals surface area contributed by atoms with Crippen molar-refractivity contribution in [3.63, 3.8) is 0 Å². The summed E-state index contributed by atoms with van der Waals surface area (Å²) < 4.78 is 10.2. The van der Waals surface area contributed by atoms with Gasteiger partial charge in [0, 0.05) is 11.6 Å².